The summed E-state index contributed by atoms with van der Waals surface area (Å²) in [4.78, 5) is 23.7. The number of anilines is 1. The zero-order valence-corrected chi connectivity index (χ0v) is 21.1. The van der Waals surface area contributed by atoms with Crippen LogP contribution in [0.25, 0.3) is 0 Å². The molecule has 2 N–H and O–H groups in total. The van der Waals surface area contributed by atoms with Crippen LogP contribution in [0.2, 0.25) is 0 Å². The molecule has 1 unspecified atom stereocenters. The van der Waals surface area contributed by atoms with Gasteiger partial charge in [-0.15, -0.1) is 0 Å². The molecule has 2 amide bonds. The third-order valence-corrected chi connectivity index (χ3v) is 4.62. The molecule has 6 nitrogen and oxygen atoms in total. The van der Waals surface area contributed by atoms with Gasteiger partial charge in [-0.25, -0.2) is 13.6 Å². The Hall–Kier alpha value is -2.14. The van der Waals surface area contributed by atoms with Gasteiger partial charge in [0.15, 0.2) is 11.6 Å². The van der Waals surface area contributed by atoms with Gasteiger partial charge in [0.1, 0.15) is 0 Å². The molecule has 0 saturated carbocycles. The van der Waals surface area contributed by atoms with Crippen molar-refractivity contribution >= 4 is 17.7 Å². The third kappa shape index (κ3) is 8.62. The Kier molecular flexibility index (Phi) is 11.1. The van der Waals surface area contributed by atoms with Crippen LogP contribution in [-0.4, -0.2) is 18.6 Å². The number of hydrogen-bond acceptors (Lipinski definition) is 4. The number of hydrogen-bond donors (Lipinski definition) is 2. The number of amides is 2. The van der Waals surface area contributed by atoms with Gasteiger partial charge in [-0.1, -0.05) is 48.5 Å². The molecule has 33 heavy (non-hydrogen) atoms. The molecule has 9 heteroatoms. The average molecular weight is 479 g/mol. The van der Waals surface area contributed by atoms with Crippen LogP contribution in [0.4, 0.5) is 19.3 Å². The molecule has 0 radical (unpaired) electrons. The van der Waals surface area contributed by atoms with Crippen LogP contribution >= 0.6 is 0 Å². The second-order valence-electron chi connectivity index (χ2n) is 7.01. The van der Waals surface area contributed by atoms with Crippen molar-refractivity contribution in [1.82, 2.24) is 5.32 Å². The molecule has 3 aromatic rings. The largest absolute Gasteiger partial charge is 1.00 e. The second-order valence-corrected chi connectivity index (χ2v) is 7.01. The van der Waals surface area contributed by atoms with E-state index in [9.17, 15) is 23.5 Å². The number of aliphatic carboxylic acids is 1. The Morgan fingerprint density at radius 1 is 0.909 bits per heavy atom. The van der Waals surface area contributed by atoms with E-state index in [4.69, 9.17) is 4.74 Å². The number of nitrogens with one attached hydrogen (secondary N) is 2. The molecule has 0 bridgehead atoms. The first-order chi connectivity index (χ1) is 15.4. The van der Waals surface area contributed by atoms with Gasteiger partial charge in [-0.3, -0.25) is 0 Å². The van der Waals surface area contributed by atoms with Crippen LogP contribution in [0.5, 0.6) is 0 Å². The summed E-state index contributed by atoms with van der Waals surface area (Å²) < 4.78 is 32.2. The molecule has 3 aromatic carbocycles. The minimum absolute atomic E-state index is 0. The van der Waals surface area contributed by atoms with Crippen LogP contribution in [0, 0.1) is 11.6 Å². The summed E-state index contributed by atoms with van der Waals surface area (Å²) in [5.74, 6) is -4.01. The van der Waals surface area contributed by atoms with E-state index in [2.05, 4.69) is 10.6 Å². The van der Waals surface area contributed by atoms with Crippen LogP contribution in [-0.2, 0) is 22.6 Å². The summed E-state index contributed by atoms with van der Waals surface area (Å²) in [5.41, 5.74) is 2.24. The van der Waals surface area contributed by atoms with E-state index >= 15 is 0 Å². The van der Waals surface area contributed by atoms with Crippen LogP contribution < -0.4 is 67.1 Å². The monoisotopic (exact) mass is 478 g/mol. The summed E-state index contributed by atoms with van der Waals surface area (Å²) in [5, 5.41) is 16.1. The number of carboxylic acid groups (broad SMARTS) is 1. The van der Waals surface area contributed by atoms with Gasteiger partial charge in [0.2, 0.25) is 0 Å². The molecule has 3 rings (SSSR count). The van der Waals surface area contributed by atoms with Gasteiger partial charge in [-0.2, -0.15) is 0 Å². The van der Waals surface area contributed by atoms with Crippen molar-refractivity contribution in [3.8, 4) is 0 Å². The molecule has 0 spiro atoms. The second kappa shape index (κ2) is 13.5. The van der Waals surface area contributed by atoms with Crippen molar-refractivity contribution < 1.29 is 79.6 Å². The first-order valence-corrected chi connectivity index (χ1v) is 9.86. The van der Waals surface area contributed by atoms with Crippen molar-refractivity contribution in [3.05, 3.63) is 101 Å². The van der Waals surface area contributed by atoms with Crippen LogP contribution in [0.15, 0.2) is 72.8 Å². The van der Waals surface area contributed by atoms with Crippen LogP contribution in [0.1, 0.15) is 22.7 Å². The quantitative estimate of drug-likeness (QED) is 0.343. The van der Waals surface area contributed by atoms with Crippen molar-refractivity contribution in [2.75, 3.05) is 11.9 Å². The maximum atomic E-state index is 13.4. The van der Waals surface area contributed by atoms with E-state index in [0.29, 0.717) is 25.0 Å². The van der Waals surface area contributed by atoms with Crippen molar-refractivity contribution in [2.24, 2.45) is 0 Å². The van der Waals surface area contributed by atoms with Gasteiger partial charge in [0, 0.05) is 5.69 Å². The molecule has 0 heterocycles. The minimum Gasteiger partial charge on any atom is -0.548 e. The number of halogens is 2. The standard InChI is InChI=1S/C24H22F2N2O4.K/c25-20-10-9-18(14-21(20)26)22(23(29)30)28-24(31)27-19-8-4-7-17(13-19)15-32-12-11-16-5-2-1-3-6-16;/h1-10,13-14,22H,11-12,15H2,(H,29,30)(H2,27,28,31);/q;+1/p-1. The van der Waals surface area contributed by atoms with Gasteiger partial charge in [0.05, 0.1) is 25.2 Å². The summed E-state index contributed by atoms with van der Waals surface area (Å²) in [6.45, 7) is 0.865. The number of urea groups is 1. The normalized spacial score (nSPS) is 11.2. The average Bonchev–Trinajstić information content (AvgIpc) is 2.78. The fourth-order valence-corrected chi connectivity index (χ4v) is 3.03. The zero-order chi connectivity index (χ0) is 22.9. The molecule has 166 valence electrons. The van der Waals surface area contributed by atoms with E-state index in [1.54, 1.807) is 18.2 Å². The van der Waals surface area contributed by atoms with Gasteiger partial charge in [0.25, 0.3) is 0 Å². The van der Waals surface area contributed by atoms with E-state index < -0.39 is 29.7 Å². The predicted octanol–water partition coefficient (Wildman–Crippen LogP) is 0.341. The van der Waals surface area contributed by atoms with Crippen molar-refractivity contribution in [2.45, 2.75) is 19.1 Å². The molecule has 1 atom stereocenters. The SMILES string of the molecule is O=C(Nc1cccc(COCCc2ccccc2)c1)NC(C(=O)[O-])c1ccc(F)c(F)c1.[K+]. The number of benzene rings is 3. The Morgan fingerprint density at radius 2 is 1.64 bits per heavy atom. The molecule has 0 aliphatic heterocycles. The zero-order valence-electron chi connectivity index (χ0n) is 18.0. The molecule has 0 saturated heterocycles. The first kappa shape index (κ1) is 27.1. The number of carbonyl (C=O) groups excluding carboxylic acids is 2. The predicted molar refractivity (Wildman–Crippen MR) is 113 cm³/mol. The summed E-state index contributed by atoms with van der Waals surface area (Å²) >= 11 is 0. The Labute approximate surface area is 232 Å². The van der Waals surface area contributed by atoms with Gasteiger partial charge < -0.3 is 25.3 Å². The fourth-order valence-electron chi connectivity index (χ4n) is 3.03. The first-order valence-electron chi connectivity index (χ1n) is 9.86. The number of ether oxygens (including phenoxy) is 1. The summed E-state index contributed by atoms with van der Waals surface area (Å²) in [6, 6.07) is 16.8. The van der Waals surface area contributed by atoms with E-state index in [1.807, 2.05) is 36.4 Å². The van der Waals surface area contributed by atoms with E-state index in [1.165, 1.54) is 5.56 Å². The Morgan fingerprint density at radius 3 is 2.33 bits per heavy atom. The molecule has 0 aliphatic rings. The number of carbonyl (C=O) groups is 2. The van der Waals surface area contributed by atoms with E-state index in [-0.39, 0.29) is 56.9 Å². The molecule has 0 fully saturated rings. The number of carboxylic acids is 1. The number of rotatable bonds is 9. The van der Waals surface area contributed by atoms with Gasteiger partial charge in [-0.05, 0) is 47.4 Å². The van der Waals surface area contributed by atoms with E-state index in [0.717, 1.165) is 24.1 Å². The third-order valence-electron chi connectivity index (χ3n) is 4.62. The maximum Gasteiger partial charge on any atom is 1.00 e. The smallest absolute Gasteiger partial charge is 0.548 e. The topological polar surface area (TPSA) is 90.5 Å². The fraction of sp³-hybridized carbons (Fsp3) is 0.167. The summed E-state index contributed by atoms with van der Waals surface area (Å²) in [6.07, 6.45) is 0.774. The summed E-state index contributed by atoms with van der Waals surface area (Å²) in [7, 11) is 0. The molecular weight excluding hydrogens is 457 g/mol. The molecule has 0 aromatic heterocycles. The Balaban J connectivity index is 0.00000385. The Bertz CT molecular complexity index is 1080. The minimum atomic E-state index is -1.66. The maximum absolute atomic E-state index is 13.4. The molecular formula is C24H21F2KN2O4. The van der Waals surface area contributed by atoms with Gasteiger partial charge >= 0.3 is 57.4 Å². The van der Waals surface area contributed by atoms with Crippen LogP contribution in [0.3, 0.4) is 0 Å². The van der Waals surface area contributed by atoms with Crippen molar-refractivity contribution in [3.63, 3.8) is 0 Å². The van der Waals surface area contributed by atoms with Crippen molar-refractivity contribution in [1.29, 1.82) is 0 Å². The molecule has 0 aliphatic carbocycles.